The first-order valence-electron chi connectivity index (χ1n) is 11.3. The Hall–Kier alpha value is -2.68. The number of aryl methyl sites for hydroxylation is 2. The molecule has 2 aliphatic heterocycles. The van der Waals surface area contributed by atoms with E-state index in [4.69, 9.17) is 4.98 Å². The van der Waals surface area contributed by atoms with Crippen LogP contribution in [-0.2, 0) is 10.0 Å². The van der Waals surface area contributed by atoms with Crippen molar-refractivity contribution in [1.82, 2.24) is 14.9 Å². The Morgan fingerprint density at radius 2 is 1.75 bits per heavy atom. The van der Waals surface area contributed by atoms with E-state index >= 15 is 0 Å². The molecule has 0 radical (unpaired) electrons. The lowest BCUT2D eigenvalue weighted by atomic mass is 10.1. The molecular formula is C23H29N5O3S. The first-order valence-corrected chi connectivity index (χ1v) is 12.9. The fourth-order valence-electron chi connectivity index (χ4n) is 4.63. The SMILES string of the molecule is Cc1cnc(N2CCN(C(=O)c3cnc(N4CCCS4(=O)=O)cc3C)CC2)c(C2CC2)c1. The Bertz CT molecular complexity index is 1150. The second-order valence-electron chi connectivity index (χ2n) is 9.08. The third-order valence-corrected chi connectivity index (χ3v) is 8.44. The molecule has 0 aromatic carbocycles. The van der Waals surface area contributed by atoms with Crippen LogP contribution in [0.1, 0.15) is 52.2 Å². The minimum atomic E-state index is -3.29. The monoisotopic (exact) mass is 455 g/mol. The van der Waals surface area contributed by atoms with Crippen molar-refractivity contribution < 1.29 is 13.2 Å². The molecule has 0 unspecified atom stereocenters. The van der Waals surface area contributed by atoms with E-state index in [-0.39, 0.29) is 11.7 Å². The topological polar surface area (TPSA) is 86.7 Å². The van der Waals surface area contributed by atoms with Gasteiger partial charge in [-0.2, -0.15) is 0 Å². The Kier molecular flexibility index (Phi) is 5.31. The summed E-state index contributed by atoms with van der Waals surface area (Å²) < 4.78 is 25.7. The van der Waals surface area contributed by atoms with Gasteiger partial charge in [-0.15, -0.1) is 0 Å². The lowest BCUT2D eigenvalue weighted by Gasteiger charge is -2.36. The zero-order valence-electron chi connectivity index (χ0n) is 18.6. The standard InChI is InChI=1S/C23H29N5O3S/c1-16-12-19(18-4-5-18)22(25-14-16)26-7-9-27(10-8-26)23(29)20-15-24-21(13-17(20)2)28-6-3-11-32(28,30)31/h12-15,18H,3-11H2,1-2H3. The van der Waals surface area contributed by atoms with Gasteiger partial charge in [-0.3, -0.25) is 9.10 Å². The van der Waals surface area contributed by atoms with Crippen LogP contribution < -0.4 is 9.21 Å². The van der Waals surface area contributed by atoms with E-state index in [9.17, 15) is 13.2 Å². The van der Waals surface area contributed by atoms with Gasteiger partial charge in [0.15, 0.2) is 0 Å². The molecule has 0 N–H and O–H groups in total. The zero-order valence-corrected chi connectivity index (χ0v) is 19.4. The number of anilines is 2. The average molecular weight is 456 g/mol. The summed E-state index contributed by atoms with van der Waals surface area (Å²) in [6.45, 7) is 7.12. The second-order valence-corrected chi connectivity index (χ2v) is 11.1. The van der Waals surface area contributed by atoms with E-state index in [1.54, 1.807) is 6.07 Å². The number of aromatic nitrogens is 2. The molecule has 2 saturated heterocycles. The molecule has 2 aromatic heterocycles. The van der Waals surface area contributed by atoms with E-state index in [0.717, 1.165) is 24.5 Å². The van der Waals surface area contributed by atoms with Crippen molar-refractivity contribution in [2.75, 3.05) is 47.7 Å². The number of rotatable bonds is 4. The maximum absolute atomic E-state index is 13.2. The van der Waals surface area contributed by atoms with Crippen molar-refractivity contribution in [3.63, 3.8) is 0 Å². The van der Waals surface area contributed by atoms with Crippen LogP contribution in [0.25, 0.3) is 0 Å². The Morgan fingerprint density at radius 1 is 1.00 bits per heavy atom. The molecule has 2 aromatic rings. The highest BCUT2D eigenvalue weighted by Gasteiger charge is 2.32. The molecule has 0 atom stereocenters. The fourth-order valence-corrected chi connectivity index (χ4v) is 6.14. The third kappa shape index (κ3) is 3.94. The molecule has 3 aliphatic rings. The van der Waals surface area contributed by atoms with Crippen LogP contribution in [0.15, 0.2) is 24.5 Å². The summed E-state index contributed by atoms with van der Waals surface area (Å²) in [7, 11) is -3.29. The number of hydrogen-bond donors (Lipinski definition) is 0. The largest absolute Gasteiger partial charge is 0.353 e. The molecule has 5 rings (SSSR count). The highest BCUT2D eigenvalue weighted by molar-refractivity contribution is 7.93. The minimum Gasteiger partial charge on any atom is -0.353 e. The summed E-state index contributed by atoms with van der Waals surface area (Å²) in [6, 6.07) is 3.97. The van der Waals surface area contributed by atoms with Crippen LogP contribution in [0, 0.1) is 13.8 Å². The molecule has 8 nitrogen and oxygen atoms in total. The Labute approximate surface area is 189 Å². The van der Waals surface area contributed by atoms with Crippen molar-refractivity contribution >= 4 is 27.6 Å². The molecule has 170 valence electrons. The van der Waals surface area contributed by atoms with Crippen molar-refractivity contribution in [2.24, 2.45) is 0 Å². The van der Waals surface area contributed by atoms with Gasteiger partial charge in [0.05, 0.1) is 11.3 Å². The number of piperazine rings is 1. The van der Waals surface area contributed by atoms with E-state index in [2.05, 4.69) is 22.9 Å². The quantitative estimate of drug-likeness (QED) is 0.704. The molecule has 0 bridgehead atoms. The predicted molar refractivity (Wildman–Crippen MR) is 124 cm³/mol. The van der Waals surface area contributed by atoms with Crippen LogP contribution in [-0.4, -0.2) is 67.7 Å². The normalized spacial score (nSPS) is 20.6. The van der Waals surface area contributed by atoms with Gasteiger partial charge in [-0.05, 0) is 61.8 Å². The lowest BCUT2D eigenvalue weighted by molar-refractivity contribution is 0.0745. The van der Waals surface area contributed by atoms with E-state index in [0.29, 0.717) is 43.4 Å². The molecule has 1 amide bonds. The van der Waals surface area contributed by atoms with Crippen LogP contribution in [0.2, 0.25) is 0 Å². The zero-order chi connectivity index (χ0) is 22.5. The van der Waals surface area contributed by atoms with E-state index < -0.39 is 10.0 Å². The van der Waals surface area contributed by atoms with Gasteiger partial charge in [0.2, 0.25) is 10.0 Å². The number of carbonyl (C=O) groups excluding carboxylic acids is 1. The van der Waals surface area contributed by atoms with Crippen molar-refractivity contribution in [3.05, 3.63) is 46.8 Å². The van der Waals surface area contributed by atoms with Gasteiger partial charge < -0.3 is 9.80 Å². The van der Waals surface area contributed by atoms with Crippen LogP contribution in [0.5, 0.6) is 0 Å². The molecule has 9 heteroatoms. The molecule has 1 aliphatic carbocycles. The third-order valence-electron chi connectivity index (χ3n) is 6.60. The number of pyridine rings is 2. The maximum Gasteiger partial charge on any atom is 0.255 e. The van der Waals surface area contributed by atoms with Crippen LogP contribution in [0.3, 0.4) is 0 Å². The maximum atomic E-state index is 13.2. The minimum absolute atomic E-state index is 0.0511. The molecular weight excluding hydrogens is 426 g/mol. The smallest absolute Gasteiger partial charge is 0.255 e. The summed E-state index contributed by atoms with van der Waals surface area (Å²) in [5.41, 5.74) is 3.82. The van der Waals surface area contributed by atoms with Crippen molar-refractivity contribution in [3.8, 4) is 0 Å². The Balaban J connectivity index is 1.28. The molecule has 32 heavy (non-hydrogen) atoms. The first kappa shape index (κ1) is 21.2. The fraction of sp³-hybridized carbons (Fsp3) is 0.522. The predicted octanol–water partition coefficient (Wildman–Crippen LogP) is 2.47. The van der Waals surface area contributed by atoms with Gasteiger partial charge in [0.1, 0.15) is 11.6 Å². The van der Waals surface area contributed by atoms with Gasteiger partial charge in [0, 0.05) is 45.1 Å². The number of amides is 1. The summed E-state index contributed by atoms with van der Waals surface area (Å²) in [5.74, 6) is 2.20. The van der Waals surface area contributed by atoms with Crippen LogP contribution >= 0.6 is 0 Å². The highest BCUT2D eigenvalue weighted by Crippen LogP contribution is 2.44. The molecule has 4 heterocycles. The summed E-state index contributed by atoms with van der Waals surface area (Å²) in [6.07, 6.45) is 6.53. The highest BCUT2D eigenvalue weighted by atomic mass is 32.2. The van der Waals surface area contributed by atoms with Crippen molar-refractivity contribution in [2.45, 2.75) is 39.0 Å². The van der Waals surface area contributed by atoms with Crippen molar-refractivity contribution in [1.29, 1.82) is 0 Å². The number of carbonyl (C=O) groups is 1. The van der Waals surface area contributed by atoms with E-state index in [1.165, 1.54) is 34.5 Å². The molecule has 1 saturated carbocycles. The van der Waals surface area contributed by atoms with Gasteiger partial charge in [-0.1, -0.05) is 6.07 Å². The number of hydrogen-bond acceptors (Lipinski definition) is 6. The van der Waals surface area contributed by atoms with Gasteiger partial charge >= 0.3 is 0 Å². The van der Waals surface area contributed by atoms with E-state index in [1.807, 2.05) is 18.0 Å². The summed E-state index contributed by atoms with van der Waals surface area (Å²) in [5, 5.41) is 0. The Morgan fingerprint density at radius 3 is 2.38 bits per heavy atom. The number of sulfonamides is 1. The average Bonchev–Trinajstić information content (AvgIpc) is 3.56. The van der Waals surface area contributed by atoms with Crippen LogP contribution in [0.4, 0.5) is 11.6 Å². The first-order chi connectivity index (χ1) is 15.3. The van der Waals surface area contributed by atoms with Gasteiger partial charge in [0.25, 0.3) is 5.91 Å². The van der Waals surface area contributed by atoms with Gasteiger partial charge in [-0.25, -0.2) is 18.4 Å². The summed E-state index contributed by atoms with van der Waals surface area (Å²) in [4.78, 5) is 26.4. The summed E-state index contributed by atoms with van der Waals surface area (Å²) >= 11 is 0. The second kappa shape index (κ2) is 8.03. The molecule has 3 fully saturated rings. The lowest BCUT2D eigenvalue weighted by Crippen LogP contribution is -2.49. The number of nitrogens with zero attached hydrogens (tertiary/aromatic N) is 5. The molecule has 0 spiro atoms.